The summed E-state index contributed by atoms with van der Waals surface area (Å²) in [6.07, 6.45) is 5.30. The van der Waals surface area contributed by atoms with E-state index < -0.39 is 6.17 Å². The maximum Gasteiger partial charge on any atom is 0.113 e. The predicted molar refractivity (Wildman–Crippen MR) is 50.0 cm³/mol. The smallest absolute Gasteiger partial charge is 0.113 e. The van der Waals surface area contributed by atoms with Crippen LogP contribution in [0.2, 0.25) is 0 Å². The fourth-order valence-electron chi connectivity index (χ4n) is 1.66. The van der Waals surface area contributed by atoms with Crippen molar-refractivity contribution >= 4 is 0 Å². The lowest BCUT2D eigenvalue weighted by Crippen LogP contribution is -2.36. The zero-order valence-corrected chi connectivity index (χ0v) is 7.64. The minimum Gasteiger partial charge on any atom is -0.300 e. The quantitative estimate of drug-likeness (QED) is 0.463. The van der Waals surface area contributed by atoms with Gasteiger partial charge in [-0.2, -0.15) is 0 Å². The number of alkyl halides is 1. The Bertz CT molecular complexity index is 136. The molecule has 1 fully saturated rings. The normalized spacial score (nSPS) is 25.6. The van der Waals surface area contributed by atoms with E-state index in [0.29, 0.717) is 6.54 Å². The lowest BCUT2D eigenvalue weighted by molar-refractivity contribution is 0.138. The molecule has 1 heterocycles. The summed E-state index contributed by atoms with van der Waals surface area (Å²) in [6, 6.07) is 0. The summed E-state index contributed by atoms with van der Waals surface area (Å²) in [7, 11) is 0. The summed E-state index contributed by atoms with van der Waals surface area (Å²) >= 11 is 0. The highest BCUT2D eigenvalue weighted by molar-refractivity contribution is 4.73. The molecule has 0 N–H and O–H groups in total. The highest BCUT2D eigenvalue weighted by atomic mass is 19.1. The van der Waals surface area contributed by atoms with Crippen molar-refractivity contribution in [1.29, 1.82) is 0 Å². The van der Waals surface area contributed by atoms with Crippen LogP contribution in [0.1, 0.15) is 25.7 Å². The average molecular weight is 171 g/mol. The van der Waals surface area contributed by atoms with E-state index in [-0.39, 0.29) is 0 Å². The summed E-state index contributed by atoms with van der Waals surface area (Å²) < 4.78 is 12.9. The number of unbranched alkanes of at least 4 members (excludes halogenated alkanes) is 1. The third-order valence-electron chi connectivity index (χ3n) is 2.33. The molecule has 0 aromatic carbocycles. The van der Waals surface area contributed by atoms with Crippen molar-refractivity contribution in [2.75, 3.05) is 19.6 Å². The van der Waals surface area contributed by atoms with Crippen molar-refractivity contribution in [3.8, 4) is 0 Å². The fourth-order valence-corrected chi connectivity index (χ4v) is 1.66. The van der Waals surface area contributed by atoms with Gasteiger partial charge in [0.1, 0.15) is 6.17 Å². The van der Waals surface area contributed by atoms with E-state index in [9.17, 15) is 4.39 Å². The summed E-state index contributed by atoms with van der Waals surface area (Å²) in [5.41, 5.74) is 0. The van der Waals surface area contributed by atoms with Crippen molar-refractivity contribution in [1.82, 2.24) is 4.90 Å². The van der Waals surface area contributed by atoms with Gasteiger partial charge in [-0.25, -0.2) is 4.39 Å². The Morgan fingerprint density at radius 2 is 2.42 bits per heavy atom. The Hall–Kier alpha value is -0.370. The van der Waals surface area contributed by atoms with Crippen LogP contribution in [0, 0.1) is 0 Å². The first-order valence-electron chi connectivity index (χ1n) is 4.80. The highest BCUT2D eigenvalue weighted by Crippen LogP contribution is 2.13. The molecule has 0 bridgehead atoms. The van der Waals surface area contributed by atoms with Crippen molar-refractivity contribution in [2.24, 2.45) is 0 Å². The number of rotatable bonds is 4. The molecule has 70 valence electrons. The lowest BCUT2D eigenvalue weighted by atomic mass is 10.1. The average Bonchev–Trinajstić information content (AvgIpc) is 2.05. The number of nitrogens with zero attached hydrogens (tertiary/aromatic N) is 1. The Morgan fingerprint density at radius 1 is 1.58 bits per heavy atom. The van der Waals surface area contributed by atoms with Crippen molar-refractivity contribution in [2.45, 2.75) is 31.9 Å². The fraction of sp³-hybridized carbons (Fsp3) is 0.800. The molecule has 12 heavy (non-hydrogen) atoms. The lowest BCUT2D eigenvalue weighted by Gasteiger charge is -2.28. The van der Waals surface area contributed by atoms with E-state index >= 15 is 0 Å². The highest BCUT2D eigenvalue weighted by Gasteiger charge is 2.17. The SMILES string of the molecule is C=CCCCN1CCCC(F)C1. The molecule has 1 saturated heterocycles. The molecule has 1 unspecified atom stereocenters. The summed E-state index contributed by atoms with van der Waals surface area (Å²) in [4.78, 5) is 2.22. The van der Waals surface area contributed by atoms with Gasteiger partial charge in [-0.3, -0.25) is 0 Å². The first kappa shape index (κ1) is 9.72. The van der Waals surface area contributed by atoms with Crippen LogP contribution in [0.4, 0.5) is 4.39 Å². The number of piperidine rings is 1. The number of hydrogen-bond acceptors (Lipinski definition) is 1. The standard InChI is InChI=1S/C10H18FN/c1-2-3-4-7-12-8-5-6-10(11)9-12/h2,10H,1,3-9H2. The Kier molecular flexibility index (Phi) is 4.30. The second kappa shape index (κ2) is 5.31. The third-order valence-corrected chi connectivity index (χ3v) is 2.33. The van der Waals surface area contributed by atoms with Gasteiger partial charge in [0.2, 0.25) is 0 Å². The zero-order chi connectivity index (χ0) is 8.81. The van der Waals surface area contributed by atoms with Gasteiger partial charge in [0, 0.05) is 6.54 Å². The van der Waals surface area contributed by atoms with Gasteiger partial charge >= 0.3 is 0 Å². The molecular weight excluding hydrogens is 153 g/mol. The van der Waals surface area contributed by atoms with E-state index in [1.54, 1.807) is 0 Å². The van der Waals surface area contributed by atoms with E-state index in [1.807, 2.05) is 6.08 Å². The van der Waals surface area contributed by atoms with Crippen molar-refractivity contribution < 1.29 is 4.39 Å². The van der Waals surface area contributed by atoms with Crippen molar-refractivity contribution in [3.05, 3.63) is 12.7 Å². The monoisotopic (exact) mass is 171 g/mol. The first-order chi connectivity index (χ1) is 5.83. The first-order valence-corrected chi connectivity index (χ1v) is 4.80. The summed E-state index contributed by atoms with van der Waals surface area (Å²) in [6.45, 7) is 6.43. The molecule has 2 heteroatoms. The number of hydrogen-bond donors (Lipinski definition) is 0. The van der Waals surface area contributed by atoms with Crippen LogP contribution in [0.15, 0.2) is 12.7 Å². The second-order valence-electron chi connectivity index (χ2n) is 3.47. The van der Waals surface area contributed by atoms with Gasteiger partial charge in [-0.1, -0.05) is 6.08 Å². The van der Waals surface area contributed by atoms with E-state index in [4.69, 9.17) is 0 Å². The maximum atomic E-state index is 12.9. The molecule has 0 amide bonds. The minimum absolute atomic E-state index is 0.581. The van der Waals surface area contributed by atoms with Crippen LogP contribution < -0.4 is 0 Å². The number of halogens is 1. The molecule has 0 aliphatic carbocycles. The van der Waals surface area contributed by atoms with Gasteiger partial charge < -0.3 is 4.90 Å². The summed E-state index contributed by atoms with van der Waals surface area (Å²) in [5, 5.41) is 0. The second-order valence-corrected chi connectivity index (χ2v) is 3.47. The van der Waals surface area contributed by atoms with Crippen LogP contribution in [0.3, 0.4) is 0 Å². The largest absolute Gasteiger partial charge is 0.300 e. The molecule has 0 aromatic heterocycles. The topological polar surface area (TPSA) is 3.24 Å². The van der Waals surface area contributed by atoms with Crippen molar-refractivity contribution in [3.63, 3.8) is 0 Å². The molecule has 1 rings (SSSR count). The van der Waals surface area contributed by atoms with E-state index in [0.717, 1.165) is 38.8 Å². The Balaban J connectivity index is 2.09. The zero-order valence-electron chi connectivity index (χ0n) is 7.64. The van der Waals surface area contributed by atoms with Gasteiger partial charge in [-0.15, -0.1) is 6.58 Å². The van der Waals surface area contributed by atoms with Gasteiger partial charge in [0.05, 0.1) is 0 Å². The molecule has 0 aromatic rings. The van der Waals surface area contributed by atoms with E-state index in [1.165, 1.54) is 0 Å². The maximum absolute atomic E-state index is 12.9. The van der Waals surface area contributed by atoms with Crippen LogP contribution in [-0.2, 0) is 0 Å². The molecule has 1 nitrogen and oxygen atoms in total. The predicted octanol–water partition coefficient (Wildman–Crippen LogP) is 2.39. The summed E-state index contributed by atoms with van der Waals surface area (Å²) in [5.74, 6) is 0. The molecule has 0 radical (unpaired) electrons. The number of likely N-dealkylation sites (tertiary alicyclic amines) is 1. The minimum atomic E-state index is -0.581. The van der Waals surface area contributed by atoms with Crippen LogP contribution in [0.25, 0.3) is 0 Å². The molecule has 1 aliphatic heterocycles. The van der Waals surface area contributed by atoms with Gasteiger partial charge in [0.15, 0.2) is 0 Å². The molecule has 1 atom stereocenters. The van der Waals surface area contributed by atoms with E-state index in [2.05, 4.69) is 11.5 Å². The number of allylic oxidation sites excluding steroid dienone is 1. The van der Waals surface area contributed by atoms with Gasteiger partial charge in [0.25, 0.3) is 0 Å². The van der Waals surface area contributed by atoms with Gasteiger partial charge in [-0.05, 0) is 38.8 Å². The molecule has 0 saturated carbocycles. The van der Waals surface area contributed by atoms with Crippen LogP contribution in [0.5, 0.6) is 0 Å². The van der Waals surface area contributed by atoms with Crippen LogP contribution >= 0.6 is 0 Å². The molecule has 1 aliphatic rings. The molecular formula is C10H18FN. The van der Waals surface area contributed by atoms with Crippen LogP contribution in [-0.4, -0.2) is 30.7 Å². The third kappa shape index (κ3) is 3.35. The molecule has 0 spiro atoms. The Morgan fingerprint density at radius 3 is 3.08 bits per heavy atom. The Labute approximate surface area is 74.3 Å².